The molecule has 0 aliphatic rings. The molecule has 0 atom stereocenters. The second-order valence-electron chi connectivity index (χ2n) is 6.60. The molecule has 2 heterocycles. The average molecular weight is 402 g/mol. The molecular weight excluding hydrogens is 384 g/mol. The van der Waals surface area contributed by atoms with Crippen molar-refractivity contribution in [3.63, 3.8) is 0 Å². The average Bonchev–Trinajstić information content (AvgIpc) is 3.08. The fraction of sp³-hybridized carbons (Fsp3) is 0.222. The summed E-state index contributed by atoms with van der Waals surface area (Å²) in [5, 5.41) is 0. The number of imidazole rings is 1. The van der Waals surface area contributed by atoms with E-state index in [0.717, 1.165) is 11.0 Å². The van der Waals surface area contributed by atoms with Crippen LogP contribution >= 0.6 is 0 Å². The Labute approximate surface area is 159 Å². The zero-order valence-electron chi connectivity index (χ0n) is 15.5. The molecule has 0 unspecified atom stereocenters. The van der Waals surface area contributed by atoms with Crippen LogP contribution in [-0.4, -0.2) is 22.1 Å². The molecule has 0 amide bonds. The third kappa shape index (κ3) is 2.77. The van der Waals surface area contributed by atoms with Gasteiger partial charge in [0, 0.05) is 27.7 Å². The molecule has 9 nitrogen and oxygen atoms in total. The largest absolute Gasteiger partial charge is 0.419 e. The first-order valence-corrected chi connectivity index (χ1v) is 9.91. The van der Waals surface area contributed by atoms with E-state index in [1.54, 1.807) is 32.3 Å². The topological polar surface area (TPSA) is 108 Å². The maximum Gasteiger partial charge on any atom is 0.419 e. The third-order valence-corrected chi connectivity index (χ3v) is 6.27. The van der Waals surface area contributed by atoms with Crippen LogP contribution in [0.1, 0.15) is 5.56 Å². The molecule has 0 saturated carbocycles. The predicted octanol–water partition coefficient (Wildman–Crippen LogP) is 0.800. The first-order valence-electron chi connectivity index (χ1n) is 8.42. The van der Waals surface area contributed by atoms with Crippen LogP contribution in [0.2, 0.25) is 0 Å². The number of hydrogen-bond acceptors (Lipinski definition) is 5. The van der Waals surface area contributed by atoms with Crippen molar-refractivity contribution in [3.05, 3.63) is 63.0 Å². The molecule has 0 aliphatic heterocycles. The highest BCUT2D eigenvalue weighted by Crippen LogP contribution is 2.19. The fourth-order valence-corrected chi connectivity index (χ4v) is 4.23. The molecule has 28 heavy (non-hydrogen) atoms. The molecule has 146 valence electrons. The molecule has 4 aromatic rings. The van der Waals surface area contributed by atoms with Crippen LogP contribution in [-0.2, 0) is 37.7 Å². The highest BCUT2D eigenvalue weighted by molar-refractivity contribution is 7.89. The third-order valence-electron chi connectivity index (χ3n) is 4.88. The Morgan fingerprint density at radius 3 is 2.36 bits per heavy atom. The van der Waals surface area contributed by atoms with Crippen molar-refractivity contribution in [2.75, 3.05) is 0 Å². The Morgan fingerprint density at radius 1 is 0.893 bits per heavy atom. The summed E-state index contributed by atoms with van der Waals surface area (Å²) in [4.78, 5) is 23.6. The Balaban J connectivity index is 1.64. The molecule has 0 radical (unpaired) electrons. The summed E-state index contributed by atoms with van der Waals surface area (Å²) in [7, 11) is 1.06. The van der Waals surface area contributed by atoms with Crippen LogP contribution in [0.25, 0.3) is 22.1 Å². The highest BCUT2D eigenvalue weighted by Gasteiger charge is 2.17. The van der Waals surface area contributed by atoms with Gasteiger partial charge in [0.15, 0.2) is 5.58 Å². The minimum absolute atomic E-state index is 0.0320. The number of oxazole rings is 1. The summed E-state index contributed by atoms with van der Waals surface area (Å²) in [6.07, 6.45) is 0. The van der Waals surface area contributed by atoms with Crippen LogP contribution < -0.4 is 16.2 Å². The van der Waals surface area contributed by atoms with Gasteiger partial charge in [-0.05, 0) is 35.9 Å². The maximum atomic E-state index is 12.7. The first kappa shape index (κ1) is 18.3. The van der Waals surface area contributed by atoms with Crippen molar-refractivity contribution in [2.45, 2.75) is 11.4 Å². The summed E-state index contributed by atoms with van der Waals surface area (Å²) in [6.45, 7) is 0.0592. The monoisotopic (exact) mass is 402 g/mol. The van der Waals surface area contributed by atoms with Crippen molar-refractivity contribution in [1.29, 1.82) is 0 Å². The molecule has 1 N–H and O–H groups in total. The van der Waals surface area contributed by atoms with Gasteiger partial charge in [0.05, 0.1) is 21.4 Å². The van der Waals surface area contributed by atoms with E-state index in [-0.39, 0.29) is 17.1 Å². The van der Waals surface area contributed by atoms with Gasteiger partial charge in [0.25, 0.3) is 0 Å². The molecule has 0 fully saturated rings. The van der Waals surface area contributed by atoms with Crippen molar-refractivity contribution in [2.24, 2.45) is 21.1 Å². The van der Waals surface area contributed by atoms with Crippen LogP contribution in [0.15, 0.2) is 55.3 Å². The molecular formula is C18H18N4O5S. The lowest BCUT2D eigenvalue weighted by Gasteiger charge is -2.08. The number of rotatable bonds is 4. The number of hydrogen-bond donors (Lipinski definition) is 1. The molecule has 2 aromatic carbocycles. The molecule has 0 aliphatic carbocycles. The molecule has 2 aromatic heterocycles. The molecule has 0 spiro atoms. The van der Waals surface area contributed by atoms with E-state index in [1.807, 2.05) is 0 Å². The standard InChI is InChI=1S/C18H18N4O5S/c1-20-13-6-4-11(8-14(13)21(2)17(20)23)10-19-28(25,26)12-5-7-16-15(9-12)22(3)18(24)27-16/h4-9,19H,10H2,1-3H3. The van der Waals surface area contributed by atoms with Gasteiger partial charge in [0.1, 0.15) is 0 Å². The summed E-state index contributed by atoms with van der Waals surface area (Å²) < 4.78 is 37.2. The number of nitrogens with one attached hydrogen (secondary N) is 1. The van der Waals surface area contributed by atoms with Crippen LogP contribution in [0.4, 0.5) is 0 Å². The van der Waals surface area contributed by atoms with Crippen LogP contribution in [0.5, 0.6) is 0 Å². The second kappa shape index (κ2) is 6.21. The van der Waals surface area contributed by atoms with Crippen molar-refractivity contribution >= 4 is 32.2 Å². The van der Waals surface area contributed by atoms with E-state index in [4.69, 9.17) is 4.42 Å². The molecule has 0 bridgehead atoms. The van der Waals surface area contributed by atoms with Crippen molar-refractivity contribution < 1.29 is 12.8 Å². The maximum absolute atomic E-state index is 12.7. The fourth-order valence-electron chi connectivity index (χ4n) is 3.20. The zero-order valence-corrected chi connectivity index (χ0v) is 16.3. The van der Waals surface area contributed by atoms with E-state index in [0.29, 0.717) is 16.7 Å². The lowest BCUT2D eigenvalue weighted by Crippen LogP contribution is -2.23. The number of fused-ring (bicyclic) bond motifs is 2. The smallest absolute Gasteiger partial charge is 0.408 e. The van der Waals surface area contributed by atoms with Gasteiger partial charge in [-0.15, -0.1) is 0 Å². The molecule has 4 rings (SSSR count). The lowest BCUT2D eigenvalue weighted by atomic mass is 10.2. The van der Waals surface area contributed by atoms with Crippen LogP contribution in [0, 0.1) is 0 Å². The first-order chi connectivity index (χ1) is 13.2. The number of nitrogens with zero attached hydrogens (tertiary/aromatic N) is 3. The van der Waals surface area contributed by atoms with Gasteiger partial charge >= 0.3 is 11.4 Å². The van der Waals surface area contributed by atoms with Gasteiger partial charge in [-0.1, -0.05) is 6.07 Å². The van der Waals surface area contributed by atoms with Gasteiger partial charge in [-0.25, -0.2) is 22.7 Å². The predicted molar refractivity (Wildman–Crippen MR) is 104 cm³/mol. The van der Waals surface area contributed by atoms with Gasteiger partial charge in [0.2, 0.25) is 10.0 Å². The number of aromatic nitrogens is 3. The Morgan fingerprint density at radius 2 is 1.61 bits per heavy atom. The van der Waals surface area contributed by atoms with Gasteiger partial charge in [-0.3, -0.25) is 13.7 Å². The normalized spacial score (nSPS) is 12.2. The molecule has 0 saturated heterocycles. The van der Waals surface area contributed by atoms with Gasteiger partial charge < -0.3 is 4.42 Å². The van der Waals surface area contributed by atoms with E-state index in [1.165, 1.54) is 38.9 Å². The van der Waals surface area contributed by atoms with Crippen LogP contribution in [0.3, 0.4) is 0 Å². The molecule has 10 heteroatoms. The minimum atomic E-state index is -3.80. The Hall–Kier alpha value is -3.11. The van der Waals surface area contributed by atoms with E-state index < -0.39 is 15.8 Å². The highest BCUT2D eigenvalue weighted by atomic mass is 32.2. The summed E-state index contributed by atoms with van der Waals surface area (Å²) in [6, 6.07) is 9.57. The second-order valence-corrected chi connectivity index (χ2v) is 8.37. The lowest BCUT2D eigenvalue weighted by molar-refractivity contribution is 0.528. The Bertz CT molecular complexity index is 1450. The SMILES string of the molecule is Cn1c(=O)oc2ccc(S(=O)(=O)NCc3ccc4c(c3)n(C)c(=O)n4C)cc21. The zero-order chi connectivity index (χ0) is 20.2. The van der Waals surface area contributed by atoms with E-state index in [9.17, 15) is 18.0 Å². The number of aryl methyl sites for hydroxylation is 3. The summed E-state index contributed by atoms with van der Waals surface area (Å²) in [5.41, 5.74) is 2.78. The number of sulfonamides is 1. The summed E-state index contributed by atoms with van der Waals surface area (Å²) in [5.74, 6) is -0.556. The Kier molecular flexibility index (Phi) is 4.05. The van der Waals surface area contributed by atoms with Crippen molar-refractivity contribution in [1.82, 2.24) is 18.4 Å². The van der Waals surface area contributed by atoms with Gasteiger partial charge in [-0.2, -0.15) is 0 Å². The quantitative estimate of drug-likeness (QED) is 0.543. The van der Waals surface area contributed by atoms with E-state index in [2.05, 4.69) is 4.72 Å². The summed E-state index contributed by atoms with van der Waals surface area (Å²) >= 11 is 0. The van der Waals surface area contributed by atoms with Crippen molar-refractivity contribution in [3.8, 4) is 0 Å². The minimum Gasteiger partial charge on any atom is -0.408 e. The number of benzene rings is 2. The van der Waals surface area contributed by atoms with E-state index >= 15 is 0 Å².